The molecule has 24 heavy (non-hydrogen) atoms. The average molecular weight is 347 g/mol. The number of aryl methyl sites for hydroxylation is 3. The highest BCUT2D eigenvalue weighted by molar-refractivity contribution is 6.30. The van der Waals surface area contributed by atoms with E-state index in [4.69, 9.17) is 21.4 Å². The molecule has 0 atom stereocenters. The predicted molar refractivity (Wildman–Crippen MR) is 89.3 cm³/mol. The summed E-state index contributed by atoms with van der Waals surface area (Å²) in [6.07, 6.45) is 2.24. The number of carboxylic acids is 1. The van der Waals surface area contributed by atoms with Crippen LogP contribution in [-0.2, 0) is 4.79 Å². The van der Waals surface area contributed by atoms with Crippen LogP contribution in [0.4, 0.5) is 0 Å². The molecule has 0 spiro atoms. The van der Waals surface area contributed by atoms with Crippen LogP contribution in [0, 0.1) is 20.8 Å². The van der Waals surface area contributed by atoms with E-state index in [0.29, 0.717) is 22.0 Å². The Labute approximate surface area is 143 Å². The fourth-order valence-electron chi connectivity index (χ4n) is 1.96. The molecule has 1 aromatic carbocycles. The molecule has 2 aromatic rings. The molecule has 0 fully saturated rings. The molecule has 0 aliphatic carbocycles. The summed E-state index contributed by atoms with van der Waals surface area (Å²) < 4.78 is 5.35. The first-order valence-corrected chi connectivity index (χ1v) is 7.40. The van der Waals surface area contributed by atoms with E-state index < -0.39 is 11.9 Å². The zero-order valence-electron chi connectivity index (χ0n) is 13.3. The Balaban J connectivity index is 2.36. The Bertz CT molecular complexity index is 847. The molecule has 1 heterocycles. The van der Waals surface area contributed by atoms with Crippen LogP contribution < -0.4 is 4.74 Å². The van der Waals surface area contributed by atoms with Crippen LogP contribution in [0.25, 0.3) is 6.08 Å². The molecule has 0 bridgehead atoms. The van der Waals surface area contributed by atoms with Crippen molar-refractivity contribution in [3.63, 3.8) is 0 Å². The molecule has 0 unspecified atom stereocenters. The van der Waals surface area contributed by atoms with Crippen molar-refractivity contribution in [3.05, 3.63) is 57.6 Å². The van der Waals surface area contributed by atoms with Crippen LogP contribution in [0.2, 0.25) is 5.02 Å². The number of carbonyl (C=O) groups excluding carboxylic acids is 1. The third kappa shape index (κ3) is 4.17. The van der Waals surface area contributed by atoms with Gasteiger partial charge in [-0.1, -0.05) is 11.6 Å². The zero-order valence-corrected chi connectivity index (χ0v) is 14.1. The maximum atomic E-state index is 12.4. The smallest absolute Gasteiger partial charge is 0.364 e. The number of aromatic nitrogens is 2. The molecule has 0 saturated heterocycles. The maximum Gasteiger partial charge on any atom is 0.364 e. The monoisotopic (exact) mass is 346 g/mol. The second-order valence-electron chi connectivity index (χ2n) is 5.07. The minimum Gasteiger partial charge on any atom is -0.478 e. The van der Waals surface area contributed by atoms with E-state index in [9.17, 15) is 9.59 Å². The molecule has 0 aliphatic rings. The van der Waals surface area contributed by atoms with E-state index in [-0.39, 0.29) is 11.4 Å². The fourth-order valence-corrected chi connectivity index (χ4v) is 2.14. The molecule has 0 radical (unpaired) electrons. The number of carboxylic acid groups (broad SMARTS) is 1. The van der Waals surface area contributed by atoms with Gasteiger partial charge >= 0.3 is 11.9 Å². The molecule has 0 aliphatic heterocycles. The number of rotatable bonds is 4. The van der Waals surface area contributed by atoms with Crippen molar-refractivity contribution >= 4 is 29.6 Å². The molecule has 0 amide bonds. The number of halogens is 1. The summed E-state index contributed by atoms with van der Waals surface area (Å²) in [5, 5.41) is 9.13. The summed E-state index contributed by atoms with van der Waals surface area (Å²) in [4.78, 5) is 31.5. The minimum absolute atomic E-state index is 0.112. The van der Waals surface area contributed by atoms with Crippen molar-refractivity contribution in [3.8, 4) is 5.75 Å². The van der Waals surface area contributed by atoms with Crippen LogP contribution in [-0.4, -0.2) is 27.0 Å². The third-order valence-electron chi connectivity index (χ3n) is 3.25. The summed E-state index contributed by atoms with van der Waals surface area (Å²) >= 11 is 5.90. The predicted octanol–water partition coefficient (Wildman–Crippen LogP) is 3.37. The van der Waals surface area contributed by atoms with Crippen molar-refractivity contribution in [1.82, 2.24) is 9.97 Å². The highest BCUT2D eigenvalue weighted by atomic mass is 35.5. The number of hydrogen-bond acceptors (Lipinski definition) is 5. The SMILES string of the molecule is Cc1nc(C)c(C(=O)Oc2ccc(Cl)cc2/C=C/C(=O)O)nc1C. The van der Waals surface area contributed by atoms with Crippen molar-refractivity contribution < 1.29 is 19.4 Å². The molecular weight excluding hydrogens is 332 g/mol. The minimum atomic E-state index is -1.12. The van der Waals surface area contributed by atoms with Gasteiger partial charge in [0.2, 0.25) is 0 Å². The third-order valence-corrected chi connectivity index (χ3v) is 3.49. The van der Waals surface area contributed by atoms with Gasteiger partial charge in [0.15, 0.2) is 5.69 Å². The average Bonchev–Trinajstić information content (AvgIpc) is 2.50. The number of aliphatic carboxylic acids is 1. The van der Waals surface area contributed by atoms with Crippen molar-refractivity contribution in [2.75, 3.05) is 0 Å². The largest absolute Gasteiger partial charge is 0.478 e. The molecule has 1 aromatic heterocycles. The fraction of sp³-hybridized carbons (Fsp3) is 0.176. The van der Waals surface area contributed by atoms with E-state index in [1.54, 1.807) is 26.8 Å². The van der Waals surface area contributed by atoms with E-state index in [2.05, 4.69) is 9.97 Å². The summed E-state index contributed by atoms with van der Waals surface area (Å²) in [7, 11) is 0. The van der Waals surface area contributed by atoms with Crippen LogP contribution in [0.3, 0.4) is 0 Å². The van der Waals surface area contributed by atoms with Crippen molar-refractivity contribution in [2.45, 2.75) is 20.8 Å². The number of benzene rings is 1. The van der Waals surface area contributed by atoms with Gasteiger partial charge in [0.05, 0.1) is 17.1 Å². The summed E-state index contributed by atoms with van der Waals surface area (Å²) in [6.45, 7) is 5.23. The van der Waals surface area contributed by atoms with Gasteiger partial charge in [-0.3, -0.25) is 4.98 Å². The highest BCUT2D eigenvalue weighted by Gasteiger charge is 2.17. The number of esters is 1. The van der Waals surface area contributed by atoms with Gasteiger partial charge in [0.25, 0.3) is 0 Å². The number of ether oxygens (including phenoxy) is 1. The molecule has 1 N–H and O–H groups in total. The topological polar surface area (TPSA) is 89.4 Å². The quantitative estimate of drug-likeness (QED) is 0.518. The molecule has 0 saturated carbocycles. The lowest BCUT2D eigenvalue weighted by Gasteiger charge is -2.10. The second-order valence-corrected chi connectivity index (χ2v) is 5.51. The Morgan fingerprint density at radius 3 is 2.46 bits per heavy atom. The van der Waals surface area contributed by atoms with Gasteiger partial charge in [-0.25, -0.2) is 14.6 Å². The number of nitrogens with zero attached hydrogens (tertiary/aromatic N) is 2. The van der Waals surface area contributed by atoms with E-state index in [0.717, 1.165) is 11.8 Å². The van der Waals surface area contributed by atoms with Gasteiger partial charge in [-0.05, 0) is 45.0 Å². The van der Waals surface area contributed by atoms with Crippen LogP contribution in [0.15, 0.2) is 24.3 Å². The highest BCUT2D eigenvalue weighted by Crippen LogP contribution is 2.25. The Morgan fingerprint density at radius 2 is 1.79 bits per heavy atom. The number of hydrogen-bond donors (Lipinski definition) is 1. The van der Waals surface area contributed by atoms with Gasteiger partial charge in [-0.15, -0.1) is 0 Å². The summed E-state index contributed by atoms with van der Waals surface area (Å²) in [5.41, 5.74) is 2.31. The van der Waals surface area contributed by atoms with Gasteiger partial charge in [0, 0.05) is 16.7 Å². The van der Waals surface area contributed by atoms with Gasteiger partial charge in [-0.2, -0.15) is 0 Å². The van der Waals surface area contributed by atoms with Crippen LogP contribution in [0.1, 0.15) is 33.1 Å². The van der Waals surface area contributed by atoms with Crippen molar-refractivity contribution in [2.24, 2.45) is 0 Å². The van der Waals surface area contributed by atoms with E-state index >= 15 is 0 Å². The molecule has 124 valence electrons. The van der Waals surface area contributed by atoms with E-state index in [1.807, 2.05) is 0 Å². The van der Waals surface area contributed by atoms with Crippen LogP contribution in [0.5, 0.6) is 5.75 Å². The number of carbonyl (C=O) groups is 2. The normalized spacial score (nSPS) is 10.8. The molecule has 2 rings (SSSR count). The Kier molecular flexibility index (Phi) is 5.31. The molecular formula is C17H15ClN2O4. The first kappa shape index (κ1) is 17.6. The first-order chi connectivity index (χ1) is 11.3. The van der Waals surface area contributed by atoms with Crippen molar-refractivity contribution in [1.29, 1.82) is 0 Å². The molecule has 7 heteroatoms. The lowest BCUT2D eigenvalue weighted by atomic mass is 10.2. The maximum absolute atomic E-state index is 12.4. The standard InChI is InChI=1S/C17H15ClN2O4/c1-9-10(2)20-16(11(3)19-9)17(23)24-14-6-5-13(18)8-12(14)4-7-15(21)22/h4-8H,1-3H3,(H,21,22)/b7-4+. The first-order valence-electron chi connectivity index (χ1n) is 7.02. The lowest BCUT2D eigenvalue weighted by Crippen LogP contribution is -2.15. The Hall–Kier alpha value is -2.73. The summed E-state index contributed by atoms with van der Waals surface area (Å²) in [6, 6.07) is 4.54. The molecule has 6 nitrogen and oxygen atoms in total. The Morgan fingerprint density at radius 1 is 1.12 bits per heavy atom. The second kappa shape index (κ2) is 7.23. The van der Waals surface area contributed by atoms with Gasteiger partial charge < -0.3 is 9.84 Å². The van der Waals surface area contributed by atoms with Gasteiger partial charge in [0.1, 0.15) is 5.75 Å². The lowest BCUT2D eigenvalue weighted by molar-refractivity contribution is -0.131. The van der Waals surface area contributed by atoms with E-state index in [1.165, 1.54) is 18.2 Å². The summed E-state index contributed by atoms with van der Waals surface area (Å²) in [5.74, 6) is -1.61. The zero-order chi connectivity index (χ0) is 17.9. The van der Waals surface area contributed by atoms with Crippen LogP contribution >= 0.6 is 11.6 Å².